The Morgan fingerprint density at radius 2 is 2.22 bits per heavy atom. The molecule has 1 aromatic carbocycles. The van der Waals surface area contributed by atoms with Crippen molar-refractivity contribution < 1.29 is 4.79 Å². The molecule has 0 aliphatic heterocycles. The molecule has 3 nitrogen and oxygen atoms in total. The Morgan fingerprint density at radius 3 is 2.89 bits per heavy atom. The summed E-state index contributed by atoms with van der Waals surface area (Å²) in [6.45, 7) is 4.45. The van der Waals surface area contributed by atoms with E-state index in [1.165, 1.54) is 0 Å². The Hall–Kier alpha value is -1.13. The first kappa shape index (κ1) is 13.3. The van der Waals surface area contributed by atoms with Crippen molar-refractivity contribution in [3.05, 3.63) is 50.7 Å². The van der Waals surface area contributed by atoms with Gasteiger partial charge in [0.1, 0.15) is 5.69 Å². The van der Waals surface area contributed by atoms with Gasteiger partial charge in [0.25, 0.3) is 0 Å². The lowest BCUT2D eigenvalue weighted by Gasteiger charge is -2.08. The first-order valence-corrected chi connectivity index (χ1v) is 6.74. The van der Waals surface area contributed by atoms with Gasteiger partial charge in [0.05, 0.1) is 15.7 Å². The highest BCUT2D eigenvalue weighted by atomic mass is 79.9. The molecule has 0 fully saturated rings. The van der Waals surface area contributed by atoms with Crippen molar-refractivity contribution in [1.29, 1.82) is 0 Å². The lowest BCUT2D eigenvalue weighted by atomic mass is 10.1. The van der Waals surface area contributed by atoms with Crippen LogP contribution in [-0.2, 0) is 6.54 Å². The minimum atomic E-state index is -0.116. The lowest BCUT2D eigenvalue weighted by molar-refractivity contribution is 0.102. The molecule has 0 aliphatic rings. The molecule has 0 unspecified atom stereocenters. The third-order valence-corrected chi connectivity index (χ3v) is 3.83. The average Bonchev–Trinajstić information content (AvgIpc) is 2.73. The topological polar surface area (TPSA) is 34.9 Å². The third-order valence-electron chi connectivity index (χ3n) is 2.75. The number of benzene rings is 1. The standard InChI is InChI=1S/C13H12BrClN2O/c1-3-17-12(10(14)7-16-17)13(18)9-6-4-5-8(2)11(9)15/h4-7H,3H2,1-2H3. The highest BCUT2D eigenvalue weighted by molar-refractivity contribution is 9.10. The normalized spacial score (nSPS) is 10.7. The van der Waals surface area contributed by atoms with Crippen molar-refractivity contribution in [2.75, 3.05) is 0 Å². The number of hydrogen-bond acceptors (Lipinski definition) is 2. The predicted octanol–water partition coefficient (Wildman–Crippen LogP) is 3.86. The minimum Gasteiger partial charge on any atom is -0.287 e. The van der Waals surface area contributed by atoms with Crippen LogP contribution in [0.5, 0.6) is 0 Å². The van der Waals surface area contributed by atoms with Crippen LogP contribution in [0.15, 0.2) is 28.9 Å². The smallest absolute Gasteiger partial charge is 0.213 e. The van der Waals surface area contributed by atoms with Gasteiger partial charge in [0.2, 0.25) is 5.78 Å². The van der Waals surface area contributed by atoms with E-state index in [2.05, 4.69) is 21.0 Å². The van der Waals surface area contributed by atoms with Crippen LogP contribution in [0, 0.1) is 6.92 Å². The van der Waals surface area contributed by atoms with Gasteiger partial charge in [-0.3, -0.25) is 9.48 Å². The van der Waals surface area contributed by atoms with E-state index in [0.717, 1.165) is 5.56 Å². The second-order valence-electron chi connectivity index (χ2n) is 3.92. The van der Waals surface area contributed by atoms with E-state index >= 15 is 0 Å². The molecule has 18 heavy (non-hydrogen) atoms. The number of hydrogen-bond donors (Lipinski definition) is 0. The molecule has 2 aromatic rings. The summed E-state index contributed by atoms with van der Waals surface area (Å²) in [6.07, 6.45) is 1.63. The molecule has 94 valence electrons. The molecule has 2 rings (SSSR count). The molecule has 0 saturated heterocycles. The van der Waals surface area contributed by atoms with Crippen molar-refractivity contribution in [3.8, 4) is 0 Å². The van der Waals surface area contributed by atoms with E-state index < -0.39 is 0 Å². The summed E-state index contributed by atoms with van der Waals surface area (Å²) in [7, 11) is 0. The van der Waals surface area contributed by atoms with E-state index in [-0.39, 0.29) is 5.78 Å². The molecule has 0 saturated carbocycles. The maximum absolute atomic E-state index is 12.5. The molecule has 0 amide bonds. The van der Waals surface area contributed by atoms with Crippen LogP contribution in [0.3, 0.4) is 0 Å². The molecular formula is C13H12BrClN2O. The summed E-state index contributed by atoms with van der Waals surface area (Å²) < 4.78 is 2.34. The minimum absolute atomic E-state index is 0.116. The number of rotatable bonds is 3. The Morgan fingerprint density at radius 1 is 1.50 bits per heavy atom. The van der Waals surface area contributed by atoms with Crippen LogP contribution in [0.25, 0.3) is 0 Å². The van der Waals surface area contributed by atoms with Gasteiger partial charge in [-0.15, -0.1) is 0 Å². The lowest BCUT2D eigenvalue weighted by Crippen LogP contribution is -2.12. The highest BCUT2D eigenvalue weighted by Gasteiger charge is 2.20. The number of halogens is 2. The first-order valence-electron chi connectivity index (χ1n) is 5.57. The summed E-state index contributed by atoms with van der Waals surface area (Å²) in [5, 5.41) is 4.64. The second-order valence-corrected chi connectivity index (χ2v) is 5.15. The summed E-state index contributed by atoms with van der Waals surface area (Å²) >= 11 is 9.54. The van der Waals surface area contributed by atoms with E-state index in [4.69, 9.17) is 11.6 Å². The summed E-state index contributed by atoms with van der Waals surface area (Å²) in [6, 6.07) is 5.44. The van der Waals surface area contributed by atoms with Gasteiger partial charge < -0.3 is 0 Å². The fourth-order valence-electron chi connectivity index (χ4n) is 1.78. The Labute approximate surface area is 119 Å². The number of carbonyl (C=O) groups excluding carboxylic acids is 1. The number of aromatic nitrogens is 2. The van der Waals surface area contributed by atoms with Crippen LogP contribution in [0.4, 0.5) is 0 Å². The zero-order valence-electron chi connectivity index (χ0n) is 10.1. The third kappa shape index (κ3) is 2.22. The number of ketones is 1. The van der Waals surface area contributed by atoms with Crippen LogP contribution >= 0.6 is 27.5 Å². The molecule has 1 aromatic heterocycles. The van der Waals surface area contributed by atoms with Gasteiger partial charge in [0.15, 0.2) is 0 Å². The quantitative estimate of drug-likeness (QED) is 0.802. The molecular weight excluding hydrogens is 316 g/mol. The first-order chi connectivity index (χ1) is 8.56. The fraction of sp³-hybridized carbons (Fsp3) is 0.231. The highest BCUT2D eigenvalue weighted by Crippen LogP contribution is 2.26. The monoisotopic (exact) mass is 326 g/mol. The predicted molar refractivity (Wildman–Crippen MR) is 75.2 cm³/mol. The van der Waals surface area contributed by atoms with Crippen molar-refractivity contribution in [2.45, 2.75) is 20.4 Å². The zero-order valence-corrected chi connectivity index (χ0v) is 12.4. The van der Waals surface area contributed by atoms with E-state index in [1.54, 1.807) is 16.9 Å². The van der Waals surface area contributed by atoms with Gasteiger partial charge in [-0.2, -0.15) is 5.10 Å². The van der Waals surface area contributed by atoms with Crippen LogP contribution in [-0.4, -0.2) is 15.6 Å². The summed E-state index contributed by atoms with van der Waals surface area (Å²) in [5.74, 6) is -0.116. The SMILES string of the molecule is CCn1ncc(Br)c1C(=O)c1cccc(C)c1Cl. The number of nitrogens with zero attached hydrogens (tertiary/aromatic N) is 2. The molecule has 0 N–H and O–H groups in total. The number of carbonyl (C=O) groups is 1. The molecule has 0 radical (unpaired) electrons. The molecule has 5 heteroatoms. The van der Waals surface area contributed by atoms with Crippen molar-refractivity contribution in [3.63, 3.8) is 0 Å². The Kier molecular flexibility index (Phi) is 3.88. The van der Waals surface area contributed by atoms with Gasteiger partial charge in [-0.05, 0) is 41.4 Å². The Bertz CT molecular complexity index is 607. The van der Waals surface area contributed by atoms with Crippen molar-refractivity contribution in [1.82, 2.24) is 9.78 Å². The van der Waals surface area contributed by atoms with Crippen LogP contribution < -0.4 is 0 Å². The van der Waals surface area contributed by atoms with Gasteiger partial charge in [-0.1, -0.05) is 23.7 Å². The molecule has 0 atom stereocenters. The zero-order chi connectivity index (χ0) is 13.3. The largest absolute Gasteiger partial charge is 0.287 e. The summed E-state index contributed by atoms with van der Waals surface area (Å²) in [5.41, 5.74) is 1.93. The fourth-order valence-corrected chi connectivity index (χ4v) is 2.47. The number of aryl methyl sites for hydroxylation is 2. The van der Waals surface area contributed by atoms with Gasteiger partial charge >= 0.3 is 0 Å². The van der Waals surface area contributed by atoms with E-state index in [1.807, 2.05) is 26.0 Å². The molecule has 0 spiro atoms. The summed E-state index contributed by atoms with van der Waals surface area (Å²) in [4.78, 5) is 12.5. The van der Waals surface area contributed by atoms with E-state index in [0.29, 0.717) is 27.3 Å². The van der Waals surface area contributed by atoms with Crippen molar-refractivity contribution >= 4 is 33.3 Å². The average molecular weight is 328 g/mol. The maximum Gasteiger partial charge on any atom is 0.213 e. The van der Waals surface area contributed by atoms with Gasteiger partial charge in [0, 0.05) is 12.1 Å². The van der Waals surface area contributed by atoms with Crippen LogP contribution in [0.2, 0.25) is 5.02 Å². The molecule has 0 aliphatic carbocycles. The maximum atomic E-state index is 12.5. The molecule has 0 bridgehead atoms. The molecule has 1 heterocycles. The van der Waals surface area contributed by atoms with Crippen LogP contribution in [0.1, 0.15) is 28.5 Å². The Balaban J connectivity index is 2.55. The van der Waals surface area contributed by atoms with E-state index in [9.17, 15) is 4.79 Å². The van der Waals surface area contributed by atoms with Crippen molar-refractivity contribution in [2.24, 2.45) is 0 Å². The van der Waals surface area contributed by atoms with Gasteiger partial charge in [-0.25, -0.2) is 0 Å². The second kappa shape index (κ2) is 5.24.